The number of cyclic esters (lactones) is 1. The molecule has 1 fully saturated rings. The van der Waals surface area contributed by atoms with Gasteiger partial charge in [-0.05, 0) is 48.1 Å². The van der Waals surface area contributed by atoms with Crippen molar-refractivity contribution < 1.29 is 28.9 Å². The predicted octanol–water partition coefficient (Wildman–Crippen LogP) is 2.83. The minimum atomic E-state index is -0.520. The molecule has 0 saturated carbocycles. The summed E-state index contributed by atoms with van der Waals surface area (Å²) in [4.78, 5) is 23.9. The van der Waals surface area contributed by atoms with Crippen LogP contribution in [0.15, 0.2) is 48.5 Å². The first-order chi connectivity index (χ1) is 16.0. The second kappa shape index (κ2) is 12.3. The van der Waals surface area contributed by atoms with Gasteiger partial charge in [-0.15, -0.1) is 0 Å². The summed E-state index contributed by atoms with van der Waals surface area (Å²) in [5, 5.41) is 14.1. The van der Waals surface area contributed by atoms with Crippen LogP contribution in [0.1, 0.15) is 33.5 Å². The smallest absolute Gasteiger partial charge is 0.424 e. The number of hydrazine groups is 1. The van der Waals surface area contributed by atoms with Gasteiger partial charge in [-0.25, -0.2) is 19.6 Å². The molecule has 2 aromatic carbocycles. The molecule has 8 heteroatoms. The van der Waals surface area contributed by atoms with Gasteiger partial charge in [0, 0.05) is 20.2 Å². The maximum absolute atomic E-state index is 12.4. The van der Waals surface area contributed by atoms with E-state index in [-0.39, 0.29) is 12.1 Å². The average Bonchev–Trinajstić information content (AvgIpc) is 2.82. The highest BCUT2D eigenvalue weighted by Gasteiger charge is 2.27. The van der Waals surface area contributed by atoms with Gasteiger partial charge in [0.25, 0.3) is 0 Å². The Bertz CT molecular complexity index is 917. The highest BCUT2D eigenvalue weighted by molar-refractivity contribution is 5.89. The second-order valence-electron chi connectivity index (χ2n) is 8.03. The molecule has 1 saturated heterocycles. The molecule has 0 aliphatic carbocycles. The van der Waals surface area contributed by atoms with Crippen LogP contribution < -0.4 is 0 Å². The van der Waals surface area contributed by atoms with Crippen LogP contribution in [0, 0.1) is 0 Å². The maximum atomic E-state index is 12.4. The highest BCUT2D eigenvalue weighted by atomic mass is 16.6. The molecule has 1 atom stereocenters. The van der Waals surface area contributed by atoms with Crippen LogP contribution in [0.25, 0.3) is 0 Å². The Morgan fingerprint density at radius 3 is 2.58 bits per heavy atom. The summed E-state index contributed by atoms with van der Waals surface area (Å²) in [6, 6.07) is 15.1. The van der Waals surface area contributed by atoms with Crippen molar-refractivity contribution in [3.8, 4) is 0 Å². The quantitative estimate of drug-likeness (QED) is 0.520. The topological polar surface area (TPSA) is 88.5 Å². The lowest BCUT2D eigenvalue weighted by atomic mass is 10.0. The van der Waals surface area contributed by atoms with Crippen molar-refractivity contribution >= 4 is 12.1 Å². The number of ether oxygens (including phenoxy) is 3. The molecule has 33 heavy (non-hydrogen) atoms. The lowest BCUT2D eigenvalue weighted by molar-refractivity contribution is -0.0723. The van der Waals surface area contributed by atoms with Gasteiger partial charge in [0.2, 0.25) is 0 Å². The zero-order valence-electron chi connectivity index (χ0n) is 19.2. The van der Waals surface area contributed by atoms with Crippen LogP contribution in [0.5, 0.6) is 0 Å². The Kier molecular flexibility index (Phi) is 9.24. The molecule has 0 spiro atoms. The molecule has 1 aliphatic heterocycles. The fourth-order valence-electron chi connectivity index (χ4n) is 3.86. The Hall–Kier alpha value is -2.94. The molecular weight excluding hydrogens is 424 g/mol. The molecule has 3 rings (SSSR count). The molecule has 0 aromatic heterocycles. The number of esters is 1. The predicted molar refractivity (Wildman–Crippen MR) is 123 cm³/mol. The number of nitrogens with zero attached hydrogens (tertiary/aromatic N) is 2. The summed E-state index contributed by atoms with van der Waals surface area (Å²) in [6.07, 6.45) is 0.791. The Morgan fingerprint density at radius 2 is 1.85 bits per heavy atom. The van der Waals surface area contributed by atoms with Crippen LogP contribution in [0.2, 0.25) is 0 Å². The van der Waals surface area contributed by atoms with Crippen LogP contribution in [-0.2, 0) is 33.7 Å². The first-order valence-corrected chi connectivity index (χ1v) is 11.1. The largest absolute Gasteiger partial charge is 0.465 e. The van der Waals surface area contributed by atoms with Crippen molar-refractivity contribution in [1.82, 2.24) is 10.0 Å². The van der Waals surface area contributed by atoms with Crippen molar-refractivity contribution in [2.45, 2.75) is 32.0 Å². The van der Waals surface area contributed by atoms with Crippen molar-refractivity contribution in [1.29, 1.82) is 0 Å². The summed E-state index contributed by atoms with van der Waals surface area (Å²) < 4.78 is 15.1. The van der Waals surface area contributed by atoms with E-state index in [0.29, 0.717) is 57.7 Å². The van der Waals surface area contributed by atoms with Gasteiger partial charge in [0.05, 0.1) is 31.9 Å². The number of amides is 1. The van der Waals surface area contributed by atoms with Gasteiger partial charge in [-0.3, -0.25) is 0 Å². The van der Waals surface area contributed by atoms with Crippen LogP contribution in [0.3, 0.4) is 0 Å². The van der Waals surface area contributed by atoms with Gasteiger partial charge in [0.15, 0.2) is 0 Å². The van der Waals surface area contributed by atoms with E-state index in [4.69, 9.17) is 14.2 Å². The molecule has 1 N–H and O–H groups in total. The van der Waals surface area contributed by atoms with Gasteiger partial charge < -0.3 is 19.3 Å². The number of aliphatic hydroxyl groups is 1. The second-order valence-corrected chi connectivity index (χ2v) is 8.03. The summed E-state index contributed by atoms with van der Waals surface area (Å²) >= 11 is 0. The summed E-state index contributed by atoms with van der Waals surface area (Å²) in [6.45, 7) is 2.46. The first-order valence-electron chi connectivity index (χ1n) is 11.1. The minimum Gasteiger partial charge on any atom is -0.465 e. The average molecular weight is 457 g/mol. The zero-order chi connectivity index (χ0) is 23.6. The van der Waals surface area contributed by atoms with Gasteiger partial charge in [0.1, 0.15) is 6.61 Å². The van der Waals surface area contributed by atoms with E-state index in [9.17, 15) is 14.7 Å². The number of benzene rings is 2. The normalized spacial score (nSPS) is 15.2. The molecule has 0 radical (unpaired) electrons. The monoisotopic (exact) mass is 456 g/mol. The standard InChI is InChI=1S/C25H32N2O6/c1-31-18-21-5-3-4-20(16-21)17-23(28)11-12-26-14-15-33-25(30)27(26)13-10-19-6-8-22(9-7-19)24(29)32-2/h3-9,16,23,28H,10-15,17-18H2,1-2H3. The lowest BCUT2D eigenvalue weighted by Gasteiger charge is -2.38. The molecule has 1 heterocycles. The number of hydrogen-bond donors (Lipinski definition) is 1. The number of carbonyl (C=O) groups excluding carboxylic acids is 2. The Morgan fingerprint density at radius 1 is 1.09 bits per heavy atom. The molecular formula is C25H32N2O6. The summed E-state index contributed by atoms with van der Waals surface area (Å²) in [5.41, 5.74) is 3.62. The van der Waals surface area contributed by atoms with E-state index in [1.807, 2.05) is 41.4 Å². The van der Waals surface area contributed by atoms with Gasteiger partial charge >= 0.3 is 12.1 Å². The molecule has 8 nitrogen and oxygen atoms in total. The first kappa shape index (κ1) is 24.7. The lowest BCUT2D eigenvalue weighted by Crippen LogP contribution is -2.53. The van der Waals surface area contributed by atoms with Crippen molar-refractivity contribution in [2.24, 2.45) is 0 Å². The van der Waals surface area contributed by atoms with Crippen molar-refractivity contribution in [3.05, 3.63) is 70.8 Å². The fourth-order valence-corrected chi connectivity index (χ4v) is 3.86. The van der Waals surface area contributed by atoms with Crippen LogP contribution in [-0.4, -0.2) is 73.8 Å². The third-order valence-electron chi connectivity index (χ3n) is 5.61. The van der Waals surface area contributed by atoms with Crippen molar-refractivity contribution in [3.63, 3.8) is 0 Å². The third-order valence-corrected chi connectivity index (χ3v) is 5.61. The third kappa shape index (κ3) is 7.28. The van der Waals surface area contributed by atoms with E-state index in [1.165, 1.54) is 7.11 Å². The Labute approximate surface area is 194 Å². The summed E-state index contributed by atoms with van der Waals surface area (Å²) in [7, 11) is 3.01. The molecule has 2 aromatic rings. The van der Waals surface area contributed by atoms with E-state index in [1.54, 1.807) is 24.3 Å². The van der Waals surface area contributed by atoms with Gasteiger partial charge in [-0.2, -0.15) is 0 Å². The molecule has 178 valence electrons. The SMILES string of the molecule is COCc1cccc(CC(O)CCN2CCOC(=O)N2CCc2ccc(C(=O)OC)cc2)c1. The number of carbonyl (C=O) groups is 2. The number of aliphatic hydroxyl groups excluding tert-OH is 1. The van der Waals surface area contributed by atoms with E-state index >= 15 is 0 Å². The minimum absolute atomic E-state index is 0.332. The van der Waals surface area contributed by atoms with E-state index < -0.39 is 6.10 Å². The van der Waals surface area contributed by atoms with Crippen molar-refractivity contribution in [2.75, 3.05) is 40.5 Å². The number of hydrogen-bond acceptors (Lipinski definition) is 7. The highest BCUT2D eigenvalue weighted by Crippen LogP contribution is 2.15. The van der Waals surface area contributed by atoms with E-state index in [2.05, 4.69) is 0 Å². The van der Waals surface area contributed by atoms with Crippen LogP contribution in [0.4, 0.5) is 4.79 Å². The molecule has 1 amide bonds. The van der Waals surface area contributed by atoms with E-state index in [0.717, 1.165) is 16.7 Å². The molecule has 0 bridgehead atoms. The summed E-state index contributed by atoms with van der Waals surface area (Å²) in [5.74, 6) is -0.378. The Balaban J connectivity index is 1.52. The maximum Gasteiger partial charge on any atom is 0.424 e. The zero-order valence-corrected chi connectivity index (χ0v) is 19.2. The van der Waals surface area contributed by atoms with Crippen LogP contribution >= 0.6 is 0 Å². The number of rotatable bonds is 11. The van der Waals surface area contributed by atoms with Gasteiger partial charge in [-0.1, -0.05) is 36.4 Å². The number of methoxy groups -OCH3 is 2. The molecule has 1 unspecified atom stereocenters. The molecule has 1 aliphatic rings. The fraction of sp³-hybridized carbons (Fsp3) is 0.440.